The quantitative estimate of drug-likeness (QED) is 0.840. The zero-order chi connectivity index (χ0) is 13.7. The van der Waals surface area contributed by atoms with Crippen LogP contribution < -0.4 is 10.6 Å². The Kier molecular flexibility index (Phi) is 4.76. The number of benzene rings is 1. The van der Waals surface area contributed by atoms with E-state index in [1.807, 2.05) is 12.1 Å². The van der Waals surface area contributed by atoms with Crippen LogP contribution in [0.15, 0.2) is 24.3 Å². The predicted octanol–water partition coefficient (Wildman–Crippen LogP) is 1.39. The van der Waals surface area contributed by atoms with E-state index >= 15 is 0 Å². The molecule has 1 unspecified atom stereocenters. The monoisotopic (exact) mass is 264 g/mol. The molecule has 0 radical (unpaired) electrons. The first-order chi connectivity index (χ1) is 9.16. The highest BCUT2D eigenvalue weighted by atomic mass is 16.5. The van der Waals surface area contributed by atoms with Crippen LogP contribution in [-0.4, -0.2) is 37.4 Å². The number of carboxylic acid groups (broad SMARTS) is 1. The van der Waals surface area contributed by atoms with Gasteiger partial charge < -0.3 is 20.5 Å². The number of hydrogen-bond donors (Lipinski definition) is 2. The molecule has 0 bridgehead atoms. The molecule has 1 aliphatic rings. The molecule has 1 atom stereocenters. The first-order valence-electron chi connectivity index (χ1n) is 6.57. The van der Waals surface area contributed by atoms with Crippen molar-refractivity contribution >= 4 is 11.7 Å². The van der Waals surface area contributed by atoms with Gasteiger partial charge >= 0.3 is 5.97 Å². The lowest BCUT2D eigenvalue weighted by Crippen LogP contribution is -2.36. The molecule has 1 aliphatic heterocycles. The topological polar surface area (TPSA) is 75.8 Å². The van der Waals surface area contributed by atoms with Crippen LogP contribution in [0.4, 0.5) is 5.69 Å². The van der Waals surface area contributed by atoms with Crippen molar-refractivity contribution in [3.8, 4) is 0 Å². The van der Waals surface area contributed by atoms with Gasteiger partial charge in [-0.1, -0.05) is 12.1 Å². The summed E-state index contributed by atoms with van der Waals surface area (Å²) in [5.41, 5.74) is 8.16. The molecule has 1 heterocycles. The Morgan fingerprint density at radius 3 is 2.84 bits per heavy atom. The number of morpholine rings is 1. The average molecular weight is 264 g/mol. The van der Waals surface area contributed by atoms with E-state index in [9.17, 15) is 4.79 Å². The Bertz CT molecular complexity index is 430. The van der Waals surface area contributed by atoms with Crippen LogP contribution in [0.2, 0.25) is 0 Å². The van der Waals surface area contributed by atoms with E-state index in [-0.39, 0.29) is 12.5 Å². The maximum absolute atomic E-state index is 10.6. The Morgan fingerprint density at radius 2 is 2.16 bits per heavy atom. The normalized spacial score (nSPS) is 17.2. The third kappa shape index (κ3) is 3.94. The fourth-order valence-corrected chi connectivity index (χ4v) is 2.22. The lowest BCUT2D eigenvalue weighted by molar-refractivity contribution is -0.137. The average Bonchev–Trinajstić information content (AvgIpc) is 2.46. The molecular formula is C14H20N2O3. The molecule has 104 valence electrons. The number of anilines is 1. The van der Waals surface area contributed by atoms with Gasteiger partial charge in [-0.25, -0.2) is 0 Å². The minimum Gasteiger partial charge on any atom is -0.481 e. The Balaban J connectivity index is 2.03. The van der Waals surface area contributed by atoms with Crippen LogP contribution in [-0.2, 0) is 9.53 Å². The summed E-state index contributed by atoms with van der Waals surface area (Å²) in [6.45, 7) is 3.26. The molecule has 5 nitrogen and oxygen atoms in total. The van der Waals surface area contributed by atoms with Gasteiger partial charge in [0.1, 0.15) is 0 Å². The number of carbonyl (C=O) groups is 1. The van der Waals surface area contributed by atoms with Gasteiger partial charge in [0.25, 0.3) is 0 Å². The van der Waals surface area contributed by atoms with E-state index in [0.29, 0.717) is 6.42 Å². The molecule has 1 aromatic carbocycles. The fourth-order valence-electron chi connectivity index (χ4n) is 2.22. The Morgan fingerprint density at radius 1 is 1.42 bits per heavy atom. The van der Waals surface area contributed by atoms with Crippen LogP contribution in [0.1, 0.15) is 24.4 Å². The number of carboxylic acids is 1. The summed E-state index contributed by atoms with van der Waals surface area (Å²) in [4.78, 5) is 12.8. The van der Waals surface area contributed by atoms with Gasteiger partial charge in [-0.05, 0) is 24.1 Å². The molecule has 0 amide bonds. The van der Waals surface area contributed by atoms with E-state index in [4.69, 9.17) is 15.6 Å². The van der Waals surface area contributed by atoms with Crippen molar-refractivity contribution in [3.05, 3.63) is 29.8 Å². The second-order valence-corrected chi connectivity index (χ2v) is 4.73. The minimum atomic E-state index is -0.806. The number of rotatable bonds is 5. The van der Waals surface area contributed by atoms with Crippen molar-refractivity contribution in [3.63, 3.8) is 0 Å². The number of nitrogens with zero attached hydrogens (tertiary/aromatic N) is 1. The van der Waals surface area contributed by atoms with Gasteiger partial charge in [0.15, 0.2) is 0 Å². The van der Waals surface area contributed by atoms with Crippen molar-refractivity contribution in [1.82, 2.24) is 0 Å². The van der Waals surface area contributed by atoms with Gasteiger partial charge in [0, 0.05) is 31.2 Å². The van der Waals surface area contributed by atoms with Gasteiger partial charge in [0.2, 0.25) is 0 Å². The van der Waals surface area contributed by atoms with Crippen LogP contribution >= 0.6 is 0 Å². The highest BCUT2D eigenvalue weighted by Crippen LogP contribution is 2.22. The van der Waals surface area contributed by atoms with Crippen molar-refractivity contribution in [2.45, 2.75) is 18.9 Å². The molecule has 0 aromatic heterocycles. The maximum atomic E-state index is 10.6. The third-order valence-corrected chi connectivity index (χ3v) is 3.34. The van der Waals surface area contributed by atoms with E-state index in [0.717, 1.165) is 37.6 Å². The number of ether oxygens (including phenoxy) is 1. The van der Waals surface area contributed by atoms with E-state index < -0.39 is 5.97 Å². The molecule has 0 aliphatic carbocycles. The predicted molar refractivity (Wildman–Crippen MR) is 73.3 cm³/mol. The lowest BCUT2D eigenvalue weighted by atomic mass is 10.0. The molecule has 19 heavy (non-hydrogen) atoms. The lowest BCUT2D eigenvalue weighted by Gasteiger charge is -2.29. The molecule has 5 heteroatoms. The van der Waals surface area contributed by atoms with E-state index in [1.165, 1.54) is 0 Å². The Hall–Kier alpha value is -1.59. The van der Waals surface area contributed by atoms with Crippen molar-refractivity contribution in [1.29, 1.82) is 0 Å². The summed E-state index contributed by atoms with van der Waals surface area (Å²) >= 11 is 0. The minimum absolute atomic E-state index is 0.100. The van der Waals surface area contributed by atoms with Gasteiger partial charge in [-0.2, -0.15) is 0 Å². The molecule has 1 aromatic rings. The number of nitrogens with two attached hydrogens (primary N) is 1. The Labute approximate surface area is 113 Å². The SMILES string of the molecule is NC(CCC(=O)O)c1cccc(N2CCOCC2)c1. The van der Waals surface area contributed by atoms with Crippen LogP contribution in [0.5, 0.6) is 0 Å². The second-order valence-electron chi connectivity index (χ2n) is 4.73. The van der Waals surface area contributed by atoms with Crippen LogP contribution in [0, 0.1) is 0 Å². The molecule has 0 saturated carbocycles. The molecule has 3 N–H and O–H groups in total. The fraction of sp³-hybridized carbons (Fsp3) is 0.500. The number of aliphatic carboxylic acids is 1. The molecular weight excluding hydrogens is 244 g/mol. The standard InChI is InChI=1S/C14H20N2O3/c15-13(4-5-14(17)18)11-2-1-3-12(10-11)16-6-8-19-9-7-16/h1-3,10,13H,4-9,15H2,(H,17,18). The summed E-state index contributed by atoms with van der Waals surface area (Å²) in [5, 5.41) is 8.69. The summed E-state index contributed by atoms with van der Waals surface area (Å²) in [6.07, 6.45) is 0.560. The van der Waals surface area contributed by atoms with Gasteiger partial charge in [-0.3, -0.25) is 4.79 Å². The highest BCUT2D eigenvalue weighted by Gasteiger charge is 2.13. The zero-order valence-electron chi connectivity index (χ0n) is 10.9. The van der Waals surface area contributed by atoms with Gasteiger partial charge in [-0.15, -0.1) is 0 Å². The van der Waals surface area contributed by atoms with Crippen molar-refractivity contribution in [2.75, 3.05) is 31.2 Å². The zero-order valence-corrected chi connectivity index (χ0v) is 10.9. The maximum Gasteiger partial charge on any atom is 0.303 e. The summed E-state index contributed by atoms with van der Waals surface area (Å²) in [7, 11) is 0. The van der Waals surface area contributed by atoms with Crippen molar-refractivity contribution in [2.24, 2.45) is 5.73 Å². The molecule has 1 fully saturated rings. The summed E-state index contributed by atoms with van der Waals surface area (Å²) in [6, 6.07) is 7.81. The van der Waals surface area contributed by atoms with E-state index in [2.05, 4.69) is 17.0 Å². The number of hydrogen-bond acceptors (Lipinski definition) is 4. The van der Waals surface area contributed by atoms with Crippen LogP contribution in [0.3, 0.4) is 0 Å². The first-order valence-corrected chi connectivity index (χ1v) is 6.57. The second kappa shape index (κ2) is 6.54. The first kappa shape index (κ1) is 13.8. The van der Waals surface area contributed by atoms with Crippen molar-refractivity contribution < 1.29 is 14.6 Å². The molecule has 1 saturated heterocycles. The van der Waals surface area contributed by atoms with Gasteiger partial charge in [0.05, 0.1) is 13.2 Å². The molecule has 2 rings (SSSR count). The summed E-state index contributed by atoms with van der Waals surface area (Å²) in [5.74, 6) is -0.806. The molecule has 0 spiro atoms. The smallest absolute Gasteiger partial charge is 0.303 e. The largest absolute Gasteiger partial charge is 0.481 e. The third-order valence-electron chi connectivity index (χ3n) is 3.34. The highest BCUT2D eigenvalue weighted by molar-refractivity contribution is 5.66. The van der Waals surface area contributed by atoms with E-state index in [1.54, 1.807) is 0 Å². The van der Waals surface area contributed by atoms with Crippen LogP contribution in [0.25, 0.3) is 0 Å². The summed E-state index contributed by atoms with van der Waals surface area (Å²) < 4.78 is 5.33.